The van der Waals surface area contributed by atoms with Crippen molar-refractivity contribution >= 4 is 40.4 Å². The number of rotatable bonds is 10. The van der Waals surface area contributed by atoms with Crippen LogP contribution in [0.4, 0.5) is 11.4 Å². The van der Waals surface area contributed by atoms with Crippen molar-refractivity contribution < 1.29 is 19.1 Å². The van der Waals surface area contributed by atoms with Gasteiger partial charge >= 0.3 is 0 Å². The van der Waals surface area contributed by atoms with Crippen molar-refractivity contribution in [1.82, 2.24) is 5.32 Å². The van der Waals surface area contributed by atoms with Crippen LogP contribution in [-0.4, -0.2) is 30.4 Å². The van der Waals surface area contributed by atoms with Gasteiger partial charge in [0.05, 0.1) is 13.0 Å². The van der Waals surface area contributed by atoms with Crippen molar-refractivity contribution in [3.05, 3.63) is 76.5 Å². The second-order valence-electron chi connectivity index (χ2n) is 9.46. The maximum Gasteiger partial charge on any atom is 0.248 e. The summed E-state index contributed by atoms with van der Waals surface area (Å²) >= 11 is 1.51. The zero-order valence-corrected chi connectivity index (χ0v) is 22.8. The Morgan fingerprint density at radius 2 is 1.74 bits per heavy atom. The van der Waals surface area contributed by atoms with E-state index in [-0.39, 0.29) is 30.2 Å². The van der Waals surface area contributed by atoms with Crippen LogP contribution in [0.25, 0.3) is 0 Å². The third-order valence-electron chi connectivity index (χ3n) is 6.61. The molecule has 1 aromatic heterocycles. The number of anilines is 2. The zero-order chi connectivity index (χ0) is 26.9. The normalized spacial score (nSPS) is 14.4. The zero-order valence-electron chi connectivity index (χ0n) is 21.9. The summed E-state index contributed by atoms with van der Waals surface area (Å²) in [6, 6.07) is 17.4. The van der Waals surface area contributed by atoms with Crippen LogP contribution < -0.4 is 20.3 Å². The van der Waals surface area contributed by atoms with Gasteiger partial charge in [-0.2, -0.15) is 0 Å². The molecule has 1 aliphatic carbocycles. The Hall–Kier alpha value is -3.65. The van der Waals surface area contributed by atoms with Gasteiger partial charge in [-0.1, -0.05) is 43.5 Å². The van der Waals surface area contributed by atoms with E-state index in [1.54, 1.807) is 29.2 Å². The molecule has 2 aromatic carbocycles. The first-order chi connectivity index (χ1) is 18.5. The molecule has 7 nitrogen and oxygen atoms in total. The predicted octanol–water partition coefficient (Wildman–Crippen LogP) is 5.87. The molecule has 1 saturated carbocycles. The molecular weight excluding hydrogens is 498 g/mol. The Kier molecular flexibility index (Phi) is 9.54. The largest absolute Gasteiger partial charge is 0.493 e. The van der Waals surface area contributed by atoms with E-state index >= 15 is 0 Å². The van der Waals surface area contributed by atoms with Crippen LogP contribution in [0.3, 0.4) is 0 Å². The predicted molar refractivity (Wildman–Crippen MR) is 152 cm³/mol. The summed E-state index contributed by atoms with van der Waals surface area (Å²) in [7, 11) is 0. The Bertz CT molecular complexity index is 1220. The van der Waals surface area contributed by atoms with Crippen LogP contribution in [0.5, 0.6) is 5.75 Å². The van der Waals surface area contributed by atoms with Crippen LogP contribution in [-0.2, 0) is 20.8 Å². The van der Waals surface area contributed by atoms with Crippen LogP contribution in [0, 0.1) is 0 Å². The van der Waals surface area contributed by atoms with Gasteiger partial charge in [-0.15, -0.1) is 11.3 Å². The fourth-order valence-corrected chi connectivity index (χ4v) is 5.61. The lowest BCUT2D eigenvalue weighted by Gasteiger charge is -2.34. The maximum atomic E-state index is 14.1. The van der Waals surface area contributed by atoms with Gasteiger partial charge in [-0.25, -0.2) is 0 Å². The van der Waals surface area contributed by atoms with E-state index < -0.39 is 6.04 Å². The van der Waals surface area contributed by atoms with Gasteiger partial charge < -0.3 is 15.4 Å². The van der Waals surface area contributed by atoms with Gasteiger partial charge in [0.15, 0.2) is 0 Å². The third-order valence-corrected chi connectivity index (χ3v) is 7.49. The molecule has 0 aliphatic heterocycles. The Morgan fingerprint density at radius 3 is 2.39 bits per heavy atom. The van der Waals surface area contributed by atoms with Gasteiger partial charge in [-0.3, -0.25) is 19.3 Å². The minimum absolute atomic E-state index is 0.0781. The lowest BCUT2D eigenvalue weighted by Crippen LogP contribution is -2.47. The number of hydrogen-bond acceptors (Lipinski definition) is 5. The monoisotopic (exact) mass is 533 g/mol. The highest BCUT2D eigenvalue weighted by molar-refractivity contribution is 7.10. The summed E-state index contributed by atoms with van der Waals surface area (Å²) in [5, 5.41) is 7.94. The van der Waals surface area contributed by atoms with Crippen LogP contribution in [0.15, 0.2) is 66.0 Å². The molecule has 1 atom stereocenters. The van der Waals surface area contributed by atoms with Gasteiger partial charge in [0, 0.05) is 34.8 Å². The second-order valence-corrected chi connectivity index (χ2v) is 10.5. The van der Waals surface area contributed by atoms with Crippen LogP contribution >= 0.6 is 11.3 Å². The topological polar surface area (TPSA) is 87.7 Å². The minimum Gasteiger partial charge on any atom is -0.493 e. The highest BCUT2D eigenvalue weighted by Crippen LogP contribution is 2.35. The molecule has 38 heavy (non-hydrogen) atoms. The number of ether oxygens (including phenoxy) is 1. The molecule has 0 saturated heterocycles. The number of thiophene rings is 1. The number of para-hydroxylation sites is 1. The second kappa shape index (κ2) is 13.2. The third kappa shape index (κ3) is 7.01. The van der Waals surface area contributed by atoms with Crippen molar-refractivity contribution in [1.29, 1.82) is 0 Å². The molecule has 200 valence electrons. The van der Waals surface area contributed by atoms with E-state index in [4.69, 9.17) is 4.74 Å². The van der Waals surface area contributed by atoms with Crippen LogP contribution in [0.1, 0.15) is 62.4 Å². The van der Waals surface area contributed by atoms with E-state index in [1.165, 1.54) is 24.7 Å². The Morgan fingerprint density at radius 1 is 1.00 bits per heavy atom. The van der Waals surface area contributed by atoms with Crippen molar-refractivity contribution in [2.45, 2.75) is 64.5 Å². The summed E-state index contributed by atoms with van der Waals surface area (Å²) in [4.78, 5) is 42.1. The number of nitrogens with one attached hydrogen (secondary N) is 2. The molecule has 3 aromatic rings. The molecule has 0 radical (unpaired) electrons. The van der Waals surface area contributed by atoms with E-state index in [1.807, 2.05) is 48.7 Å². The molecule has 4 rings (SSSR count). The number of nitrogens with zero attached hydrogens (tertiary/aromatic N) is 1. The average molecular weight is 534 g/mol. The van der Waals surface area contributed by atoms with Crippen molar-refractivity contribution in [3.8, 4) is 5.75 Å². The van der Waals surface area contributed by atoms with Crippen LogP contribution in [0.2, 0.25) is 0 Å². The molecule has 1 aliphatic rings. The molecule has 1 fully saturated rings. The number of carbonyl (C=O) groups excluding carboxylic acids is 3. The molecule has 0 spiro atoms. The van der Waals surface area contributed by atoms with Crippen molar-refractivity contribution in [3.63, 3.8) is 0 Å². The molecule has 3 amide bonds. The van der Waals surface area contributed by atoms with E-state index in [0.717, 1.165) is 30.6 Å². The van der Waals surface area contributed by atoms with Crippen molar-refractivity contribution in [2.24, 2.45) is 0 Å². The van der Waals surface area contributed by atoms with Gasteiger partial charge in [0.25, 0.3) is 0 Å². The summed E-state index contributed by atoms with van der Waals surface area (Å²) in [5.74, 6) is -0.0364. The number of hydrogen-bond donors (Lipinski definition) is 2. The van der Waals surface area contributed by atoms with Gasteiger partial charge in [0.1, 0.15) is 11.8 Å². The molecule has 0 unspecified atom stereocenters. The Labute approximate surface area is 228 Å². The smallest absolute Gasteiger partial charge is 0.248 e. The summed E-state index contributed by atoms with van der Waals surface area (Å²) < 4.78 is 5.93. The standard InChI is InChI=1S/C30H35N3O4S/c1-3-37-27-14-8-7-13-26(27)29(30(36)32-22-10-5-4-6-11-22)33(28(35)20-25-12-9-19-38-25)24-17-15-23(16-18-24)31-21(2)34/h7-9,12-19,22,29H,3-6,10-11,20H2,1-2H3,(H,31,34)(H,32,36)/t29-/m1/s1. The molecule has 8 heteroatoms. The van der Waals surface area contributed by atoms with Crippen molar-refractivity contribution in [2.75, 3.05) is 16.8 Å². The quantitative estimate of drug-likeness (QED) is 0.341. The SMILES string of the molecule is CCOc1ccccc1[C@H](C(=O)NC1CCCCC1)N(C(=O)Cc1cccs1)c1ccc(NC(C)=O)cc1. The fraction of sp³-hybridized carbons (Fsp3) is 0.367. The molecule has 1 heterocycles. The average Bonchev–Trinajstić information content (AvgIpc) is 3.42. The lowest BCUT2D eigenvalue weighted by molar-refractivity contribution is -0.127. The number of benzene rings is 2. The first-order valence-corrected chi connectivity index (χ1v) is 14.1. The highest BCUT2D eigenvalue weighted by atomic mass is 32.1. The van der Waals surface area contributed by atoms with E-state index in [0.29, 0.717) is 29.3 Å². The minimum atomic E-state index is -0.932. The summed E-state index contributed by atoms with van der Waals surface area (Å²) in [6.45, 7) is 3.78. The number of carbonyl (C=O) groups is 3. The number of amides is 3. The van der Waals surface area contributed by atoms with E-state index in [9.17, 15) is 14.4 Å². The molecular formula is C30H35N3O4S. The molecule has 2 N–H and O–H groups in total. The summed E-state index contributed by atoms with van der Waals surface area (Å²) in [6.07, 6.45) is 5.36. The van der Waals surface area contributed by atoms with Gasteiger partial charge in [-0.05, 0) is 61.5 Å². The Balaban J connectivity index is 1.78. The lowest BCUT2D eigenvalue weighted by atomic mass is 9.94. The first-order valence-electron chi connectivity index (χ1n) is 13.2. The van der Waals surface area contributed by atoms with E-state index in [2.05, 4.69) is 10.6 Å². The maximum absolute atomic E-state index is 14.1. The first kappa shape index (κ1) is 27.4. The summed E-state index contributed by atoms with van der Waals surface area (Å²) in [5.41, 5.74) is 1.81. The van der Waals surface area contributed by atoms with Gasteiger partial charge in [0.2, 0.25) is 17.7 Å². The molecule has 0 bridgehead atoms. The highest BCUT2D eigenvalue weighted by Gasteiger charge is 2.36. The fourth-order valence-electron chi connectivity index (χ4n) is 4.91.